The summed E-state index contributed by atoms with van der Waals surface area (Å²) in [5.41, 5.74) is 5.07. The summed E-state index contributed by atoms with van der Waals surface area (Å²) in [6, 6.07) is 9.83. The quantitative estimate of drug-likeness (QED) is 0.360. The van der Waals surface area contributed by atoms with Crippen LogP contribution < -0.4 is 10.7 Å². The highest BCUT2D eigenvalue weighted by Gasteiger charge is 2.51. The van der Waals surface area contributed by atoms with E-state index < -0.39 is 0 Å². The smallest absolute Gasteiger partial charge is 0.339 e. The van der Waals surface area contributed by atoms with E-state index in [9.17, 15) is 4.79 Å². The molecular formula is C22H23Br2N3O2. The lowest BCUT2D eigenvalue weighted by Crippen LogP contribution is -2.48. The van der Waals surface area contributed by atoms with Gasteiger partial charge in [-0.3, -0.25) is 0 Å². The molecule has 0 saturated heterocycles. The largest absolute Gasteiger partial charge is 0.447 e. The molecule has 4 aliphatic carbocycles. The van der Waals surface area contributed by atoms with Crippen LogP contribution in [-0.4, -0.2) is 12.2 Å². The molecule has 1 aromatic heterocycles. The second kappa shape index (κ2) is 7.58. The molecule has 4 saturated carbocycles. The Morgan fingerprint density at radius 2 is 1.69 bits per heavy atom. The van der Waals surface area contributed by atoms with Crippen molar-refractivity contribution in [3.8, 4) is 0 Å². The molecule has 2 N–H and O–H groups in total. The Balaban J connectivity index is 1.20. The molecule has 2 aromatic rings. The number of nitrogens with one attached hydrogen (secondary N) is 2. The van der Waals surface area contributed by atoms with Gasteiger partial charge in [0.15, 0.2) is 4.67 Å². The molecule has 29 heavy (non-hydrogen) atoms. The molecule has 6 rings (SSSR count). The van der Waals surface area contributed by atoms with E-state index in [0.29, 0.717) is 15.8 Å². The normalized spacial score (nSPS) is 30.1. The Bertz CT molecular complexity index is 897. The van der Waals surface area contributed by atoms with E-state index in [0.717, 1.165) is 27.9 Å². The van der Waals surface area contributed by atoms with Crippen LogP contribution in [0.1, 0.15) is 49.8 Å². The summed E-state index contributed by atoms with van der Waals surface area (Å²) in [4.78, 5) is 12.1. The molecule has 0 radical (unpaired) electrons. The second-order valence-corrected chi connectivity index (χ2v) is 10.4. The van der Waals surface area contributed by atoms with E-state index in [-0.39, 0.29) is 6.03 Å². The third kappa shape index (κ3) is 3.91. The fourth-order valence-corrected chi connectivity index (χ4v) is 6.72. The maximum atomic E-state index is 12.1. The number of carbonyl (C=O) groups is 1. The number of anilines is 1. The van der Waals surface area contributed by atoms with Crippen molar-refractivity contribution in [3.63, 3.8) is 0 Å². The molecule has 152 valence electrons. The molecule has 1 heterocycles. The number of hydrogen-bond donors (Lipinski definition) is 2. The third-order valence-electron chi connectivity index (χ3n) is 6.82. The van der Waals surface area contributed by atoms with Gasteiger partial charge in [0.1, 0.15) is 5.76 Å². The third-order valence-corrected chi connectivity index (χ3v) is 8.53. The lowest BCUT2D eigenvalue weighted by molar-refractivity contribution is -0.00518. The van der Waals surface area contributed by atoms with Crippen LogP contribution in [0.5, 0.6) is 0 Å². The fraction of sp³-hybridized carbons (Fsp3) is 0.455. The summed E-state index contributed by atoms with van der Waals surface area (Å²) in [6.45, 7) is 0. The molecule has 0 unspecified atom stereocenters. The van der Waals surface area contributed by atoms with Crippen molar-refractivity contribution in [2.24, 2.45) is 22.9 Å². The first kappa shape index (κ1) is 19.4. The Labute approximate surface area is 187 Å². The first-order valence-corrected chi connectivity index (χ1v) is 11.7. The van der Waals surface area contributed by atoms with Crippen LogP contribution in [0.4, 0.5) is 10.5 Å². The highest BCUT2D eigenvalue weighted by atomic mass is 79.9. The van der Waals surface area contributed by atoms with Crippen LogP contribution in [0.2, 0.25) is 0 Å². The minimum absolute atomic E-state index is 0.380. The number of carbonyl (C=O) groups excluding carboxylic acids is 1. The summed E-state index contributed by atoms with van der Waals surface area (Å²) in [7, 11) is 0. The van der Waals surface area contributed by atoms with Crippen molar-refractivity contribution in [3.05, 3.63) is 50.8 Å². The van der Waals surface area contributed by atoms with Gasteiger partial charge in [-0.2, -0.15) is 5.10 Å². The van der Waals surface area contributed by atoms with Gasteiger partial charge in [0.05, 0.1) is 10.7 Å². The van der Waals surface area contributed by atoms with Crippen molar-refractivity contribution >= 4 is 49.8 Å². The molecule has 5 nitrogen and oxygen atoms in total. The van der Waals surface area contributed by atoms with Gasteiger partial charge in [-0.25, -0.2) is 10.2 Å². The summed E-state index contributed by atoms with van der Waals surface area (Å²) in [5.74, 6) is 3.32. The van der Waals surface area contributed by atoms with Crippen LogP contribution in [-0.2, 0) is 5.41 Å². The van der Waals surface area contributed by atoms with E-state index in [2.05, 4.69) is 59.8 Å². The van der Waals surface area contributed by atoms with E-state index in [1.165, 1.54) is 50.3 Å². The molecule has 4 fully saturated rings. The number of benzene rings is 1. The number of furan rings is 1. The lowest BCUT2D eigenvalue weighted by atomic mass is 9.48. The number of amides is 2. The molecular weight excluding hydrogens is 498 g/mol. The van der Waals surface area contributed by atoms with Gasteiger partial charge in [-0.15, -0.1) is 0 Å². The summed E-state index contributed by atoms with van der Waals surface area (Å²) < 4.78 is 6.76. The van der Waals surface area contributed by atoms with Crippen molar-refractivity contribution < 1.29 is 9.21 Å². The SMILES string of the molecule is O=C(N/N=C/c1cc(Br)c(Br)o1)Nc1ccc(C23CC4CC(CC(C4)C2)C3)cc1. The Morgan fingerprint density at radius 1 is 1.07 bits per heavy atom. The molecule has 4 bridgehead atoms. The van der Waals surface area contributed by atoms with Gasteiger partial charge >= 0.3 is 6.03 Å². The molecule has 7 heteroatoms. The number of halogens is 2. The van der Waals surface area contributed by atoms with E-state index in [1.54, 1.807) is 6.07 Å². The lowest BCUT2D eigenvalue weighted by Gasteiger charge is -2.57. The highest BCUT2D eigenvalue weighted by Crippen LogP contribution is 2.60. The van der Waals surface area contributed by atoms with Crippen molar-refractivity contribution in [2.75, 3.05) is 5.32 Å². The first-order chi connectivity index (χ1) is 14.0. The van der Waals surface area contributed by atoms with Gasteiger partial charge in [0.2, 0.25) is 0 Å². The maximum absolute atomic E-state index is 12.1. The predicted molar refractivity (Wildman–Crippen MR) is 120 cm³/mol. The average Bonchev–Trinajstić information content (AvgIpc) is 2.98. The highest BCUT2D eigenvalue weighted by molar-refractivity contribution is 9.13. The van der Waals surface area contributed by atoms with Crippen LogP contribution >= 0.6 is 31.9 Å². The summed E-state index contributed by atoms with van der Waals surface area (Å²) in [5, 5.41) is 6.75. The summed E-state index contributed by atoms with van der Waals surface area (Å²) in [6.07, 6.45) is 9.84. The molecule has 0 aliphatic heterocycles. The topological polar surface area (TPSA) is 66.6 Å². The van der Waals surface area contributed by atoms with Gasteiger partial charge < -0.3 is 9.73 Å². The van der Waals surface area contributed by atoms with Crippen molar-refractivity contribution in [1.29, 1.82) is 0 Å². The minimum Gasteiger partial charge on any atom is -0.447 e. The summed E-state index contributed by atoms with van der Waals surface area (Å²) >= 11 is 6.60. The standard InChI is InChI=1S/C22H23Br2N3O2/c23-19-8-18(29-20(19)24)12-25-27-21(28)26-17-3-1-16(2-4-17)22-9-13-5-14(10-22)7-15(6-13)11-22/h1-4,8,12-15H,5-7,9-11H2,(H2,26,27,28)/b25-12+. The van der Waals surface area contributed by atoms with E-state index in [1.807, 2.05) is 12.1 Å². The van der Waals surface area contributed by atoms with Crippen LogP contribution in [0.15, 0.2) is 49.0 Å². The number of nitrogens with zero attached hydrogens (tertiary/aromatic N) is 1. The first-order valence-electron chi connectivity index (χ1n) is 10.1. The monoisotopic (exact) mass is 519 g/mol. The molecule has 1 aromatic carbocycles. The zero-order valence-electron chi connectivity index (χ0n) is 16.0. The molecule has 2 amide bonds. The molecule has 0 spiro atoms. The number of rotatable bonds is 4. The second-order valence-electron chi connectivity index (χ2n) is 8.87. The zero-order valence-corrected chi connectivity index (χ0v) is 19.1. The zero-order chi connectivity index (χ0) is 20.0. The number of hydrazone groups is 1. The van der Waals surface area contributed by atoms with Crippen molar-refractivity contribution in [2.45, 2.75) is 43.9 Å². The fourth-order valence-electron chi connectivity index (χ4n) is 6.11. The number of urea groups is 1. The van der Waals surface area contributed by atoms with Gasteiger partial charge in [-0.05, 0) is 111 Å². The maximum Gasteiger partial charge on any atom is 0.339 e. The molecule has 4 aliphatic rings. The molecule has 0 atom stereocenters. The average molecular weight is 521 g/mol. The van der Waals surface area contributed by atoms with Gasteiger partial charge in [0, 0.05) is 11.8 Å². The van der Waals surface area contributed by atoms with Crippen LogP contribution in [0.25, 0.3) is 0 Å². The van der Waals surface area contributed by atoms with Crippen LogP contribution in [0.3, 0.4) is 0 Å². The van der Waals surface area contributed by atoms with Gasteiger partial charge in [0.25, 0.3) is 0 Å². The number of hydrogen-bond acceptors (Lipinski definition) is 3. The minimum atomic E-state index is -0.381. The van der Waals surface area contributed by atoms with Gasteiger partial charge in [-0.1, -0.05) is 12.1 Å². The van der Waals surface area contributed by atoms with E-state index >= 15 is 0 Å². The van der Waals surface area contributed by atoms with Crippen LogP contribution in [0, 0.1) is 17.8 Å². The predicted octanol–water partition coefficient (Wildman–Crippen LogP) is 6.43. The Morgan fingerprint density at radius 3 is 2.24 bits per heavy atom. The van der Waals surface area contributed by atoms with Crippen molar-refractivity contribution in [1.82, 2.24) is 5.43 Å². The Hall–Kier alpha value is -1.60. The van der Waals surface area contributed by atoms with E-state index in [4.69, 9.17) is 4.42 Å². The Kier molecular flexibility index (Phi) is 5.06.